The van der Waals surface area contributed by atoms with E-state index in [1.165, 1.54) is 37.2 Å². The molecular formula is C10H19NOS. The molecule has 1 N–H and O–H groups in total. The van der Waals surface area contributed by atoms with E-state index in [1.54, 1.807) is 0 Å². The zero-order valence-electron chi connectivity index (χ0n) is 8.13. The Morgan fingerprint density at radius 1 is 1.08 bits per heavy atom. The van der Waals surface area contributed by atoms with Crippen LogP contribution in [0.4, 0.5) is 0 Å². The molecule has 13 heavy (non-hydrogen) atoms. The molecule has 76 valence electrons. The standard InChI is InChI=1S/C10H19NOS/c1-2-10(8-12-5-1)11-9-3-6-13-7-4-9/h9-11H,1-8H2. The molecule has 2 heterocycles. The Morgan fingerprint density at radius 2 is 1.92 bits per heavy atom. The Kier molecular flexibility index (Phi) is 3.94. The van der Waals surface area contributed by atoms with Gasteiger partial charge in [-0.25, -0.2) is 0 Å². The Balaban J connectivity index is 1.69. The largest absolute Gasteiger partial charge is 0.380 e. The van der Waals surface area contributed by atoms with E-state index in [0.717, 1.165) is 19.3 Å². The highest BCUT2D eigenvalue weighted by molar-refractivity contribution is 7.99. The molecule has 1 unspecified atom stereocenters. The summed E-state index contributed by atoms with van der Waals surface area (Å²) in [5.74, 6) is 2.68. The molecule has 0 amide bonds. The molecular weight excluding hydrogens is 182 g/mol. The van der Waals surface area contributed by atoms with Crippen LogP contribution in [0, 0.1) is 0 Å². The third kappa shape index (κ3) is 3.15. The Bertz CT molecular complexity index is 126. The van der Waals surface area contributed by atoms with Gasteiger partial charge in [0.25, 0.3) is 0 Å². The number of rotatable bonds is 2. The first-order valence-electron chi connectivity index (χ1n) is 5.37. The number of hydrogen-bond donors (Lipinski definition) is 1. The van der Waals surface area contributed by atoms with E-state index in [2.05, 4.69) is 17.1 Å². The first-order chi connectivity index (χ1) is 6.45. The first kappa shape index (κ1) is 9.81. The SMILES string of the molecule is C1COCC(NC2CCSCC2)C1. The summed E-state index contributed by atoms with van der Waals surface area (Å²) in [5.41, 5.74) is 0. The highest BCUT2D eigenvalue weighted by Gasteiger charge is 2.19. The molecule has 2 fully saturated rings. The summed E-state index contributed by atoms with van der Waals surface area (Å²) in [5, 5.41) is 3.72. The van der Waals surface area contributed by atoms with Gasteiger partial charge < -0.3 is 10.1 Å². The van der Waals surface area contributed by atoms with Crippen molar-refractivity contribution in [2.24, 2.45) is 0 Å². The van der Waals surface area contributed by atoms with Gasteiger partial charge in [-0.15, -0.1) is 0 Å². The van der Waals surface area contributed by atoms with Crippen LogP contribution in [-0.2, 0) is 4.74 Å². The monoisotopic (exact) mass is 201 g/mol. The van der Waals surface area contributed by atoms with Crippen LogP contribution in [-0.4, -0.2) is 36.8 Å². The summed E-state index contributed by atoms with van der Waals surface area (Å²) in [6, 6.07) is 1.41. The van der Waals surface area contributed by atoms with Crippen LogP contribution in [0.1, 0.15) is 25.7 Å². The van der Waals surface area contributed by atoms with E-state index < -0.39 is 0 Å². The van der Waals surface area contributed by atoms with Crippen molar-refractivity contribution >= 4 is 11.8 Å². The number of hydrogen-bond acceptors (Lipinski definition) is 3. The average molecular weight is 201 g/mol. The topological polar surface area (TPSA) is 21.3 Å². The van der Waals surface area contributed by atoms with Crippen LogP contribution in [0.25, 0.3) is 0 Å². The summed E-state index contributed by atoms with van der Waals surface area (Å²) < 4.78 is 5.46. The molecule has 2 aliphatic rings. The number of thioether (sulfide) groups is 1. The van der Waals surface area contributed by atoms with Crippen LogP contribution in [0.5, 0.6) is 0 Å². The summed E-state index contributed by atoms with van der Waals surface area (Å²) >= 11 is 2.09. The summed E-state index contributed by atoms with van der Waals surface area (Å²) in [7, 11) is 0. The lowest BCUT2D eigenvalue weighted by atomic mass is 10.1. The Labute approximate surface area is 84.8 Å². The van der Waals surface area contributed by atoms with E-state index in [-0.39, 0.29) is 0 Å². The lowest BCUT2D eigenvalue weighted by Gasteiger charge is -2.30. The van der Waals surface area contributed by atoms with E-state index in [9.17, 15) is 0 Å². The third-order valence-electron chi connectivity index (χ3n) is 2.85. The molecule has 0 radical (unpaired) electrons. The summed E-state index contributed by atoms with van der Waals surface area (Å²) in [4.78, 5) is 0. The van der Waals surface area contributed by atoms with Crippen molar-refractivity contribution in [3.05, 3.63) is 0 Å². The van der Waals surface area contributed by atoms with Crippen molar-refractivity contribution in [3.8, 4) is 0 Å². The van der Waals surface area contributed by atoms with Crippen LogP contribution in [0.15, 0.2) is 0 Å². The van der Waals surface area contributed by atoms with Gasteiger partial charge in [0.15, 0.2) is 0 Å². The maximum Gasteiger partial charge on any atom is 0.0619 e. The molecule has 2 nitrogen and oxygen atoms in total. The van der Waals surface area contributed by atoms with Crippen molar-refractivity contribution < 1.29 is 4.74 Å². The molecule has 2 rings (SSSR count). The maximum atomic E-state index is 5.46. The van der Waals surface area contributed by atoms with Crippen LogP contribution < -0.4 is 5.32 Å². The van der Waals surface area contributed by atoms with E-state index in [0.29, 0.717) is 6.04 Å². The quantitative estimate of drug-likeness (QED) is 0.734. The fourth-order valence-corrected chi connectivity index (χ4v) is 3.18. The molecule has 0 saturated carbocycles. The summed E-state index contributed by atoms with van der Waals surface area (Å²) in [6.07, 6.45) is 5.24. The fourth-order valence-electron chi connectivity index (χ4n) is 2.07. The molecule has 0 bridgehead atoms. The van der Waals surface area contributed by atoms with Crippen molar-refractivity contribution in [3.63, 3.8) is 0 Å². The highest BCUT2D eigenvalue weighted by atomic mass is 32.2. The molecule has 0 spiro atoms. The molecule has 0 aliphatic carbocycles. The lowest BCUT2D eigenvalue weighted by molar-refractivity contribution is 0.0659. The first-order valence-corrected chi connectivity index (χ1v) is 6.52. The van der Waals surface area contributed by atoms with E-state index in [4.69, 9.17) is 4.74 Å². The molecule has 2 saturated heterocycles. The van der Waals surface area contributed by atoms with Crippen LogP contribution >= 0.6 is 11.8 Å². The van der Waals surface area contributed by atoms with Crippen molar-refractivity contribution in [2.75, 3.05) is 24.7 Å². The van der Waals surface area contributed by atoms with Crippen molar-refractivity contribution in [2.45, 2.75) is 37.8 Å². The normalized spacial score (nSPS) is 31.8. The van der Waals surface area contributed by atoms with Gasteiger partial charge in [-0.3, -0.25) is 0 Å². The highest BCUT2D eigenvalue weighted by Crippen LogP contribution is 2.18. The predicted molar refractivity (Wildman–Crippen MR) is 57.3 cm³/mol. The zero-order valence-corrected chi connectivity index (χ0v) is 8.94. The molecule has 3 heteroatoms. The second-order valence-electron chi connectivity index (χ2n) is 3.97. The smallest absolute Gasteiger partial charge is 0.0619 e. The lowest BCUT2D eigenvalue weighted by Crippen LogP contribution is -2.44. The van der Waals surface area contributed by atoms with Gasteiger partial charge in [-0.1, -0.05) is 0 Å². The zero-order chi connectivity index (χ0) is 8.93. The van der Waals surface area contributed by atoms with Gasteiger partial charge in [0.2, 0.25) is 0 Å². The summed E-state index contributed by atoms with van der Waals surface area (Å²) in [6.45, 7) is 1.91. The van der Waals surface area contributed by atoms with Gasteiger partial charge >= 0.3 is 0 Å². The molecule has 0 aromatic carbocycles. The van der Waals surface area contributed by atoms with Gasteiger partial charge in [0.05, 0.1) is 6.61 Å². The number of ether oxygens (including phenoxy) is 1. The van der Waals surface area contributed by atoms with Crippen LogP contribution in [0.2, 0.25) is 0 Å². The van der Waals surface area contributed by atoms with Crippen molar-refractivity contribution in [1.82, 2.24) is 5.32 Å². The van der Waals surface area contributed by atoms with Gasteiger partial charge in [-0.2, -0.15) is 11.8 Å². The van der Waals surface area contributed by atoms with Gasteiger partial charge in [-0.05, 0) is 37.2 Å². The van der Waals surface area contributed by atoms with Gasteiger partial charge in [0, 0.05) is 18.7 Å². The molecule has 0 aromatic heterocycles. The van der Waals surface area contributed by atoms with E-state index in [1.807, 2.05) is 0 Å². The molecule has 1 atom stereocenters. The minimum absolute atomic E-state index is 0.641. The molecule has 2 aliphatic heterocycles. The Morgan fingerprint density at radius 3 is 2.62 bits per heavy atom. The third-order valence-corrected chi connectivity index (χ3v) is 3.90. The van der Waals surface area contributed by atoms with E-state index >= 15 is 0 Å². The van der Waals surface area contributed by atoms with Crippen LogP contribution in [0.3, 0.4) is 0 Å². The maximum absolute atomic E-state index is 5.46. The average Bonchev–Trinajstić information content (AvgIpc) is 2.21. The predicted octanol–water partition coefficient (Wildman–Crippen LogP) is 1.65. The minimum atomic E-state index is 0.641. The Hall–Kier alpha value is 0.270. The number of nitrogens with one attached hydrogen (secondary N) is 1. The fraction of sp³-hybridized carbons (Fsp3) is 1.00. The second kappa shape index (κ2) is 5.23. The van der Waals surface area contributed by atoms with Crippen molar-refractivity contribution in [1.29, 1.82) is 0 Å². The molecule has 0 aromatic rings. The van der Waals surface area contributed by atoms with Gasteiger partial charge in [0.1, 0.15) is 0 Å². The minimum Gasteiger partial charge on any atom is -0.380 e. The second-order valence-corrected chi connectivity index (χ2v) is 5.19.